The normalized spacial score (nSPS) is 10.9. The summed E-state index contributed by atoms with van der Waals surface area (Å²) in [5.74, 6) is 0.296. The zero-order chi connectivity index (χ0) is 13.5. The number of carbonyl (C=O) groups is 1. The van der Waals surface area contributed by atoms with E-state index in [2.05, 4.69) is 19.8 Å². The number of anilines is 1. The summed E-state index contributed by atoms with van der Waals surface area (Å²) in [6.07, 6.45) is 0.945. The first-order valence-corrected chi connectivity index (χ1v) is 6.56. The molecular formula is C10H19N5O2S. The van der Waals surface area contributed by atoms with Gasteiger partial charge in [0.1, 0.15) is 0 Å². The van der Waals surface area contributed by atoms with Crippen LogP contribution < -0.4 is 5.73 Å². The van der Waals surface area contributed by atoms with E-state index in [1.54, 1.807) is 0 Å². The van der Waals surface area contributed by atoms with E-state index in [4.69, 9.17) is 5.73 Å². The summed E-state index contributed by atoms with van der Waals surface area (Å²) >= 11 is 1.28. The number of esters is 1. The molecule has 0 aromatic carbocycles. The zero-order valence-corrected chi connectivity index (χ0v) is 11.7. The average molecular weight is 273 g/mol. The van der Waals surface area contributed by atoms with Gasteiger partial charge in [0, 0.05) is 6.54 Å². The smallest absolute Gasteiger partial charge is 0.316 e. The highest BCUT2D eigenvalue weighted by molar-refractivity contribution is 7.99. The van der Waals surface area contributed by atoms with Gasteiger partial charge in [0.2, 0.25) is 5.95 Å². The lowest BCUT2D eigenvalue weighted by Crippen LogP contribution is -2.16. The summed E-state index contributed by atoms with van der Waals surface area (Å²) in [5, 5.41) is 8.42. The SMILES string of the molecule is COC(=O)CSc1nnc(N)n1CCCN(C)C. The molecule has 0 spiro atoms. The van der Waals surface area contributed by atoms with Crippen molar-refractivity contribution in [3.8, 4) is 0 Å². The minimum atomic E-state index is -0.290. The maximum absolute atomic E-state index is 11.1. The molecule has 2 N–H and O–H groups in total. The predicted octanol–water partition coefficient (Wildman–Crippen LogP) is 0.0771. The topological polar surface area (TPSA) is 86.3 Å². The predicted molar refractivity (Wildman–Crippen MR) is 70.3 cm³/mol. The van der Waals surface area contributed by atoms with Crippen molar-refractivity contribution in [1.29, 1.82) is 0 Å². The maximum atomic E-state index is 11.1. The minimum absolute atomic E-state index is 0.211. The molecule has 7 nitrogen and oxygen atoms in total. The third-order valence-corrected chi connectivity index (χ3v) is 3.22. The first kappa shape index (κ1) is 14.8. The minimum Gasteiger partial charge on any atom is -0.468 e. The van der Waals surface area contributed by atoms with Crippen LogP contribution in [0, 0.1) is 0 Å². The Bertz CT molecular complexity index is 394. The van der Waals surface area contributed by atoms with Crippen molar-refractivity contribution in [3.63, 3.8) is 0 Å². The number of aromatic nitrogens is 3. The van der Waals surface area contributed by atoms with Crippen LogP contribution in [0.4, 0.5) is 5.95 Å². The first-order chi connectivity index (χ1) is 8.54. The van der Waals surface area contributed by atoms with Gasteiger partial charge in [-0.1, -0.05) is 11.8 Å². The van der Waals surface area contributed by atoms with Crippen LogP contribution in [0.3, 0.4) is 0 Å². The molecule has 18 heavy (non-hydrogen) atoms. The lowest BCUT2D eigenvalue weighted by molar-refractivity contribution is -0.137. The fourth-order valence-corrected chi connectivity index (χ4v) is 2.15. The van der Waals surface area contributed by atoms with Gasteiger partial charge in [-0.3, -0.25) is 9.36 Å². The van der Waals surface area contributed by atoms with Gasteiger partial charge in [-0.2, -0.15) is 0 Å². The first-order valence-electron chi connectivity index (χ1n) is 5.57. The van der Waals surface area contributed by atoms with E-state index in [0.717, 1.165) is 19.5 Å². The fraction of sp³-hybridized carbons (Fsp3) is 0.700. The van der Waals surface area contributed by atoms with Gasteiger partial charge in [0.05, 0.1) is 12.9 Å². The van der Waals surface area contributed by atoms with Crippen molar-refractivity contribution in [2.75, 3.05) is 39.2 Å². The Morgan fingerprint density at radius 1 is 1.50 bits per heavy atom. The number of rotatable bonds is 7. The van der Waals surface area contributed by atoms with Crippen LogP contribution >= 0.6 is 11.8 Å². The van der Waals surface area contributed by atoms with Crippen molar-refractivity contribution >= 4 is 23.7 Å². The van der Waals surface area contributed by atoms with E-state index < -0.39 is 0 Å². The van der Waals surface area contributed by atoms with E-state index in [-0.39, 0.29) is 11.7 Å². The Kier molecular flexibility index (Phi) is 5.93. The largest absolute Gasteiger partial charge is 0.468 e. The van der Waals surface area contributed by atoms with Gasteiger partial charge in [-0.05, 0) is 27.1 Å². The highest BCUT2D eigenvalue weighted by Gasteiger charge is 2.12. The van der Waals surface area contributed by atoms with E-state index in [1.807, 2.05) is 18.7 Å². The molecule has 1 rings (SSSR count). The monoisotopic (exact) mass is 273 g/mol. The van der Waals surface area contributed by atoms with Gasteiger partial charge in [0.15, 0.2) is 5.16 Å². The molecule has 0 radical (unpaired) electrons. The van der Waals surface area contributed by atoms with Crippen LogP contribution in [-0.2, 0) is 16.1 Å². The second-order valence-corrected chi connectivity index (χ2v) is 4.96. The maximum Gasteiger partial charge on any atom is 0.316 e. The molecule has 0 fully saturated rings. The van der Waals surface area contributed by atoms with E-state index in [0.29, 0.717) is 11.1 Å². The molecule has 8 heteroatoms. The second-order valence-electron chi connectivity index (χ2n) is 4.01. The number of ether oxygens (including phenoxy) is 1. The van der Waals surface area contributed by atoms with Crippen molar-refractivity contribution in [2.45, 2.75) is 18.1 Å². The lowest BCUT2D eigenvalue weighted by Gasteiger charge is -2.11. The number of thioether (sulfide) groups is 1. The summed E-state index contributed by atoms with van der Waals surface area (Å²) < 4.78 is 6.39. The number of hydrogen-bond donors (Lipinski definition) is 1. The van der Waals surface area contributed by atoms with E-state index in [1.165, 1.54) is 18.9 Å². The van der Waals surface area contributed by atoms with Gasteiger partial charge >= 0.3 is 5.97 Å². The van der Waals surface area contributed by atoms with Crippen LogP contribution in [0.25, 0.3) is 0 Å². The van der Waals surface area contributed by atoms with Crippen LogP contribution in [0.2, 0.25) is 0 Å². The average Bonchev–Trinajstić information content (AvgIpc) is 2.67. The molecule has 0 saturated carbocycles. The molecule has 0 bridgehead atoms. The molecule has 0 aliphatic carbocycles. The van der Waals surface area contributed by atoms with Gasteiger partial charge in [0.25, 0.3) is 0 Å². The molecular weight excluding hydrogens is 254 g/mol. The summed E-state index contributed by atoms with van der Waals surface area (Å²) in [5.41, 5.74) is 5.74. The van der Waals surface area contributed by atoms with Crippen molar-refractivity contribution < 1.29 is 9.53 Å². The Morgan fingerprint density at radius 3 is 2.83 bits per heavy atom. The highest BCUT2D eigenvalue weighted by atomic mass is 32.2. The lowest BCUT2D eigenvalue weighted by atomic mass is 10.4. The van der Waals surface area contributed by atoms with Gasteiger partial charge < -0.3 is 15.4 Å². The molecule has 0 atom stereocenters. The molecule has 0 unspecified atom stereocenters. The molecule has 102 valence electrons. The Hall–Kier alpha value is -1.28. The van der Waals surface area contributed by atoms with E-state index >= 15 is 0 Å². The zero-order valence-electron chi connectivity index (χ0n) is 10.9. The highest BCUT2D eigenvalue weighted by Crippen LogP contribution is 2.18. The molecule has 0 aliphatic rings. The van der Waals surface area contributed by atoms with Crippen molar-refractivity contribution in [2.24, 2.45) is 0 Å². The Morgan fingerprint density at radius 2 is 2.22 bits per heavy atom. The number of hydrogen-bond acceptors (Lipinski definition) is 7. The van der Waals surface area contributed by atoms with Crippen LogP contribution in [0.5, 0.6) is 0 Å². The molecule has 0 amide bonds. The fourth-order valence-electron chi connectivity index (χ4n) is 1.34. The standard InChI is InChI=1S/C10H19N5O2S/c1-14(2)5-4-6-15-9(11)12-13-10(15)18-7-8(16)17-3/h4-7H2,1-3H3,(H2,11,12). The number of carbonyl (C=O) groups excluding carboxylic acids is 1. The van der Waals surface area contributed by atoms with Gasteiger partial charge in [-0.25, -0.2) is 0 Å². The number of nitrogens with two attached hydrogens (primary N) is 1. The number of nitrogen functional groups attached to an aromatic ring is 1. The third-order valence-electron chi connectivity index (χ3n) is 2.28. The third kappa shape index (κ3) is 4.53. The van der Waals surface area contributed by atoms with Crippen LogP contribution in [-0.4, -0.2) is 59.1 Å². The van der Waals surface area contributed by atoms with Crippen LogP contribution in [0.1, 0.15) is 6.42 Å². The molecule has 1 aromatic rings. The Balaban J connectivity index is 2.55. The van der Waals surface area contributed by atoms with Crippen molar-refractivity contribution in [3.05, 3.63) is 0 Å². The Labute approximate surface area is 111 Å². The number of methoxy groups -OCH3 is 1. The number of nitrogens with zero attached hydrogens (tertiary/aromatic N) is 4. The van der Waals surface area contributed by atoms with Crippen LogP contribution in [0.15, 0.2) is 5.16 Å². The quantitative estimate of drug-likeness (QED) is 0.556. The summed E-state index contributed by atoms with van der Waals surface area (Å²) in [6, 6.07) is 0. The second kappa shape index (κ2) is 7.22. The van der Waals surface area contributed by atoms with Crippen molar-refractivity contribution in [1.82, 2.24) is 19.7 Å². The van der Waals surface area contributed by atoms with Gasteiger partial charge in [-0.15, -0.1) is 10.2 Å². The summed E-state index contributed by atoms with van der Waals surface area (Å²) in [7, 11) is 5.39. The molecule has 0 aliphatic heterocycles. The molecule has 1 heterocycles. The summed E-state index contributed by atoms with van der Waals surface area (Å²) in [6.45, 7) is 1.69. The molecule has 0 saturated heterocycles. The molecule has 1 aromatic heterocycles. The van der Waals surface area contributed by atoms with E-state index in [9.17, 15) is 4.79 Å². The summed E-state index contributed by atoms with van der Waals surface area (Å²) in [4.78, 5) is 13.2.